The van der Waals surface area contributed by atoms with Crippen LogP contribution in [0.2, 0.25) is 0 Å². The number of nitrogen functional groups attached to an aromatic ring is 1. The van der Waals surface area contributed by atoms with Crippen LogP contribution in [0.4, 0.5) is 21.6 Å². The van der Waals surface area contributed by atoms with Crippen molar-refractivity contribution >= 4 is 17.2 Å². The monoisotopic (exact) mass is 289 g/mol. The van der Waals surface area contributed by atoms with E-state index in [0.717, 1.165) is 0 Å². The van der Waals surface area contributed by atoms with Gasteiger partial charge in [0.05, 0.1) is 5.69 Å². The molecule has 1 aromatic heterocycles. The van der Waals surface area contributed by atoms with Gasteiger partial charge in [-0.1, -0.05) is 6.07 Å². The molecule has 2 rings (SSSR count). The topological polar surface area (TPSA) is 60.2 Å². The van der Waals surface area contributed by atoms with E-state index in [1.165, 1.54) is 6.07 Å². The zero-order chi connectivity index (χ0) is 15.6. The maximum atomic E-state index is 13.5. The molecule has 1 heterocycles. The van der Waals surface area contributed by atoms with Crippen LogP contribution >= 0.6 is 0 Å². The van der Waals surface area contributed by atoms with Crippen LogP contribution in [-0.4, -0.2) is 10.6 Å². The lowest BCUT2D eigenvalue weighted by Crippen LogP contribution is -2.24. The first-order chi connectivity index (χ1) is 9.74. The van der Waals surface area contributed by atoms with Crippen molar-refractivity contribution in [3.8, 4) is 5.88 Å². The van der Waals surface area contributed by atoms with Crippen LogP contribution in [0.15, 0.2) is 30.3 Å². The van der Waals surface area contributed by atoms with E-state index < -0.39 is 5.60 Å². The maximum absolute atomic E-state index is 13.5. The van der Waals surface area contributed by atoms with Gasteiger partial charge in [-0.3, -0.25) is 0 Å². The summed E-state index contributed by atoms with van der Waals surface area (Å²) in [7, 11) is 0. The fourth-order valence-electron chi connectivity index (χ4n) is 1.71. The lowest BCUT2D eigenvalue weighted by atomic mass is 10.2. The van der Waals surface area contributed by atoms with Crippen molar-refractivity contribution < 1.29 is 9.13 Å². The van der Waals surface area contributed by atoms with Gasteiger partial charge in [0.15, 0.2) is 0 Å². The minimum atomic E-state index is -0.393. The van der Waals surface area contributed by atoms with E-state index >= 15 is 0 Å². The Labute approximate surface area is 124 Å². The van der Waals surface area contributed by atoms with Gasteiger partial charge in [0.1, 0.15) is 17.2 Å². The molecule has 0 aliphatic heterocycles. The molecule has 0 unspecified atom stereocenters. The van der Waals surface area contributed by atoms with Gasteiger partial charge in [-0.2, -0.15) is 4.98 Å². The Bertz CT molecular complexity index is 650. The van der Waals surface area contributed by atoms with Crippen molar-refractivity contribution in [1.82, 2.24) is 4.98 Å². The van der Waals surface area contributed by atoms with E-state index in [0.29, 0.717) is 28.6 Å². The molecular formula is C16H20FN3O. The van der Waals surface area contributed by atoms with Gasteiger partial charge >= 0.3 is 0 Å². The molecule has 3 N–H and O–H groups in total. The summed E-state index contributed by atoms with van der Waals surface area (Å²) in [5, 5.41) is 3.04. The fourth-order valence-corrected chi connectivity index (χ4v) is 1.71. The highest BCUT2D eigenvalue weighted by atomic mass is 19.1. The highest BCUT2D eigenvalue weighted by Crippen LogP contribution is 2.26. The van der Waals surface area contributed by atoms with Gasteiger partial charge in [-0.25, -0.2) is 4.39 Å². The van der Waals surface area contributed by atoms with E-state index in [2.05, 4.69) is 10.3 Å². The molecule has 1 aromatic carbocycles. The molecule has 0 spiro atoms. The zero-order valence-corrected chi connectivity index (χ0v) is 12.7. The van der Waals surface area contributed by atoms with Crippen molar-refractivity contribution in [3.05, 3.63) is 41.7 Å². The standard InChI is InChI=1S/C16H20FN3O/c1-10-5-6-11(9-12(10)17)19-14-8-7-13(18)15(20-14)21-16(2,3)4/h5-9H,18H2,1-4H3,(H,19,20). The predicted molar refractivity (Wildman–Crippen MR) is 83.5 cm³/mol. The first-order valence-electron chi connectivity index (χ1n) is 6.73. The molecular weight excluding hydrogens is 269 g/mol. The largest absolute Gasteiger partial charge is 0.470 e. The number of rotatable bonds is 3. The average Bonchev–Trinajstić information content (AvgIpc) is 2.36. The van der Waals surface area contributed by atoms with E-state index in [-0.39, 0.29) is 5.82 Å². The second-order valence-electron chi connectivity index (χ2n) is 5.89. The highest BCUT2D eigenvalue weighted by Gasteiger charge is 2.15. The predicted octanol–water partition coefficient (Wildman–Crippen LogP) is 4.03. The Balaban J connectivity index is 2.24. The minimum Gasteiger partial charge on any atom is -0.470 e. The van der Waals surface area contributed by atoms with Crippen LogP contribution in [0, 0.1) is 12.7 Å². The number of nitrogens with zero attached hydrogens (tertiary/aromatic N) is 1. The van der Waals surface area contributed by atoms with Gasteiger partial charge in [0, 0.05) is 5.69 Å². The maximum Gasteiger partial charge on any atom is 0.239 e. The molecule has 0 radical (unpaired) electrons. The number of anilines is 3. The number of hydrogen-bond acceptors (Lipinski definition) is 4. The Morgan fingerprint density at radius 2 is 1.90 bits per heavy atom. The molecule has 0 amide bonds. The lowest BCUT2D eigenvalue weighted by molar-refractivity contribution is 0.125. The summed E-state index contributed by atoms with van der Waals surface area (Å²) < 4.78 is 19.2. The number of ether oxygens (including phenoxy) is 1. The third kappa shape index (κ3) is 4.08. The number of nitrogens with two attached hydrogens (primary N) is 1. The second-order valence-corrected chi connectivity index (χ2v) is 5.89. The number of aromatic nitrogens is 1. The van der Waals surface area contributed by atoms with Crippen LogP contribution in [-0.2, 0) is 0 Å². The molecule has 4 nitrogen and oxygen atoms in total. The van der Waals surface area contributed by atoms with Gasteiger partial charge in [0.25, 0.3) is 0 Å². The number of halogens is 1. The van der Waals surface area contributed by atoms with E-state index in [1.54, 1.807) is 31.2 Å². The fraction of sp³-hybridized carbons (Fsp3) is 0.312. The van der Waals surface area contributed by atoms with E-state index in [9.17, 15) is 4.39 Å². The minimum absolute atomic E-state index is 0.262. The summed E-state index contributed by atoms with van der Waals surface area (Å²) >= 11 is 0. The van der Waals surface area contributed by atoms with Crippen molar-refractivity contribution in [1.29, 1.82) is 0 Å². The molecule has 5 heteroatoms. The number of aryl methyl sites for hydroxylation is 1. The first-order valence-corrected chi connectivity index (χ1v) is 6.73. The third-order valence-electron chi connectivity index (χ3n) is 2.74. The normalized spacial score (nSPS) is 11.3. The first kappa shape index (κ1) is 15.1. The molecule has 112 valence electrons. The molecule has 21 heavy (non-hydrogen) atoms. The molecule has 0 atom stereocenters. The lowest BCUT2D eigenvalue weighted by Gasteiger charge is -2.21. The van der Waals surface area contributed by atoms with Crippen LogP contribution in [0.3, 0.4) is 0 Å². The molecule has 2 aromatic rings. The zero-order valence-electron chi connectivity index (χ0n) is 12.7. The van der Waals surface area contributed by atoms with Gasteiger partial charge in [-0.15, -0.1) is 0 Å². The van der Waals surface area contributed by atoms with Crippen molar-refractivity contribution in [2.24, 2.45) is 0 Å². The average molecular weight is 289 g/mol. The summed E-state index contributed by atoms with van der Waals surface area (Å²) in [5.74, 6) is 0.647. The molecule has 0 saturated carbocycles. The molecule has 0 saturated heterocycles. The molecule has 0 fully saturated rings. The summed E-state index contributed by atoms with van der Waals surface area (Å²) in [5.41, 5.74) is 7.15. The molecule has 0 bridgehead atoms. The van der Waals surface area contributed by atoms with Crippen LogP contribution in [0.5, 0.6) is 5.88 Å². The Morgan fingerprint density at radius 1 is 1.19 bits per heavy atom. The SMILES string of the molecule is Cc1ccc(Nc2ccc(N)c(OC(C)(C)C)n2)cc1F. The van der Waals surface area contributed by atoms with Crippen molar-refractivity contribution in [2.75, 3.05) is 11.1 Å². The van der Waals surface area contributed by atoms with E-state index in [4.69, 9.17) is 10.5 Å². The summed E-state index contributed by atoms with van der Waals surface area (Å²) in [6.45, 7) is 7.48. The Hall–Kier alpha value is -2.30. The molecule has 0 aliphatic rings. The number of benzene rings is 1. The van der Waals surface area contributed by atoms with Crippen LogP contribution in [0.25, 0.3) is 0 Å². The quantitative estimate of drug-likeness (QED) is 0.895. The van der Waals surface area contributed by atoms with E-state index in [1.807, 2.05) is 20.8 Å². The second kappa shape index (κ2) is 5.60. The van der Waals surface area contributed by atoms with Crippen molar-refractivity contribution in [3.63, 3.8) is 0 Å². The summed E-state index contributed by atoms with van der Waals surface area (Å²) in [6, 6.07) is 8.36. The van der Waals surface area contributed by atoms with Crippen LogP contribution < -0.4 is 15.8 Å². The van der Waals surface area contributed by atoms with Crippen LogP contribution in [0.1, 0.15) is 26.3 Å². The summed E-state index contributed by atoms with van der Waals surface area (Å²) in [6.07, 6.45) is 0. The summed E-state index contributed by atoms with van der Waals surface area (Å²) in [4.78, 5) is 4.32. The molecule has 0 aliphatic carbocycles. The Morgan fingerprint density at radius 3 is 2.52 bits per heavy atom. The van der Waals surface area contributed by atoms with Crippen molar-refractivity contribution in [2.45, 2.75) is 33.3 Å². The highest BCUT2D eigenvalue weighted by molar-refractivity contribution is 5.61. The smallest absolute Gasteiger partial charge is 0.239 e. The van der Waals surface area contributed by atoms with Gasteiger partial charge in [0.2, 0.25) is 5.88 Å². The van der Waals surface area contributed by atoms with Gasteiger partial charge < -0.3 is 15.8 Å². The van der Waals surface area contributed by atoms with Gasteiger partial charge in [-0.05, 0) is 57.5 Å². The number of nitrogens with one attached hydrogen (secondary N) is 1. The third-order valence-corrected chi connectivity index (χ3v) is 2.74. The number of pyridine rings is 1. The number of hydrogen-bond donors (Lipinski definition) is 2. The Kier molecular flexibility index (Phi) is 4.02.